The predicted molar refractivity (Wildman–Crippen MR) is 510 cm³/mol. The second-order valence-electron chi connectivity index (χ2n) is 31.0. The third-order valence-electron chi connectivity index (χ3n) is 23.0. The van der Waals surface area contributed by atoms with Gasteiger partial charge in [0.1, 0.15) is 31.5 Å². The van der Waals surface area contributed by atoms with E-state index in [0.29, 0.717) is 25.8 Å². The Balaban J connectivity index is 0.000000117. The van der Waals surface area contributed by atoms with Crippen molar-refractivity contribution in [3.63, 3.8) is 0 Å². The molecule has 23 heteroatoms. The number of nitrogens with zero attached hydrogens (tertiary/aromatic N) is 16. The summed E-state index contributed by atoms with van der Waals surface area (Å²) in [5, 5.41) is 6.89. The van der Waals surface area contributed by atoms with Crippen molar-refractivity contribution in [2.75, 3.05) is 117 Å². The summed E-state index contributed by atoms with van der Waals surface area (Å²) in [6, 6.07) is 65.4. The third-order valence-corrected chi connectivity index (χ3v) is 25.1. The van der Waals surface area contributed by atoms with Crippen molar-refractivity contribution in [1.82, 2.24) is 54.7 Å². The lowest BCUT2D eigenvalue weighted by Crippen LogP contribution is -2.44. The van der Waals surface area contributed by atoms with Gasteiger partial charge in [-0.15, -0.1) is 0 Å². The number of hydrogen-bond acceptors (Lipinski definition) is 17. The van der Waals surface area contributed by atoms with Gasteiger partial charge >= 0.3 is 0 Å². The highest BCUT2D eigenvalue weighted by atomic mass is 79.9. The topological polar surface area (TPSA) is 158 Å². The van der Waals surface area contributed by atoms with Gasteiger partial charge in [-0.1, -0.05) is 108 Å². The molecule has 0 saturated carbocycles. The maximum Gasteiger partial charge on any atom is 0.142 e. The highest BCUT2D eigenvalue weighted by molar-refractivity contribution is 9.10. The van der Waals surface area contributed by atoms with Crippen molar-refractivity contribution in [2.45, 2.75) is 91.4 Å². The summed E-state index contributed by atoms with van der Waals surface area (Å²) < 4.78 is 6.76. The van der Waals surface area contributed by atoms with Crippen molar-refractivity contribution in [3.8, 4) is 62.0 Å². The number of pyridine rings is 10. The zero-order chi connectivity index (χ0) is 82.4. The van der Waals surface area contributed by atoms with Gasteiger partial charge in [-0.2, -0.15) is 0 Å². The van der Waals surface area contributed by atoms with Crippen LogP contribution >= 0.6 is 73.9 Å². The minimum atomic E-state index is 0. The number of fused-ring (bicyclic) bond motifs is 5. The van der Waals surface area contributed by atoms with Crippen molar-refractivity contribution >= 4 is 157 Å². The molecule has 0 aliphatic carbocycles. The fraction of sp³-hybridized carbons (Fsp3) is 0.286. The van der Waals surface area contributed by atoms with Gasteiger partial charge in [0.2, 0.25) is 0 Å². The van der Waals surface area contributed by atoms with Gasteiger partial charge < -0.3 is 34.1 Å². The Bertz CT molecular complexity index is 5930. The van der Waals surface area contributed by atoms with Crippen molar-refractivity contribution < 1.29 is 4.74 Å². The van der Waals surface area contributed by atoms with E-state index in [0.717, 1.165) is 205 Å². The van der Waals surface area contributed by atoms with Crippen LogP contribution < -0.4 is 29.2 Å². The number of likely N-dealkylation sites (N-methyl/N-ethyl adjacent to an activating group) is 1. The van der Waals surface area contributed by atoms with Gasteiger partial charge in [-0.05, 0) is 264 Å². The lowest BCUT2D eigenvalue weighted by Gasteiger charge is -2.34. The Labute approximate surface area is 742 Å². The van der Waals surface area contributed by atoms with E-state index in [1.165, 1.54) is 105 Å². The molecule has 5 aliphatic heterocycles. The maximum atomic E-state index is 6.35. The molecule has 0 spiro atoms. The molecular formula is C98H98BrCl5N16O. The molecule has 0 amide bonds. The standard InChI is InChI=1S/C20H20ClN3O.C20H20ClN3.C19H17BrClN3.C19H19ClN4.C19H18ClN3.CH4/c1-25-19-12-14(7-8-18(19)24-10-3-2-4-11-24)16-13-17-15(20(21)23-16)6-5-9-22-17;1-14-12-15(7-8-19(14)24-10-3-2-4-11-24)17-13-18-16(20(21)23-17)6-5-9-22-18;20-15-11-13(6-7-18(15)24-9-2-1-3-10-24)16-12-17-14(19(21)23-16)5-4-8-22-17;1-23-9-11-24(12-10-23)15-6-4-14(5-7-15)17-13-18-16(19(20)22-17)3-2-8-21-18;20-19-16-5-4-10-21-18(16)13-17(22-19)14-6-8-15(9-7-14)23-11-2-1-3-12-23;/h5-9,12-13H,2-4,10-11H2,1H3;5-9,12-13H,2-4,10-11H2,1H3;4-8,11-12H,1-3,9-10H2;2-8,13H,9-12H2,1H3;4-10,13H,1-3,11-12H2;1H4. The van der Waals surface area contributed by atoms with Crippen molar-refractivity contribution in [2.24, 2.45) is 0 Å². The van der Waals surface area contributed by atoms with Crippen LogP contribution in [0.5, 0.6) is 5.75 Å². The zero-order valence-corrected chi connectivity index (χ0v) is 73.0. The van der Waals surface area contributed by atoms with E-state index >= 15 is 0 Å². The highest BCUT2D eigenvalue weighted by Gasteiger charge is 2.22. The minimum Gasteiger partial charge on any atom is -0.495 e. The van der Waals surface area contributed by atoms with Crippen LogP contribution in [0.25, 0.3) is 111 Å². The number of ether oxygens (including phenoxy) is 1. The molecule has 5 aliphatic rings. The number of anilines is 5. The quantitative estimate of drug-likeness (QED) is 0.113. The van der Waals surface area contributed by atoms with Gasteiger partial charge in [0.05, 0.1) is 74.5 Å². The molecule has 0 N–H and O–H groups in total. The second-order valence-corrected chi connectivity index (χ2v) is 33.6. The van der Waals surface area contributed by atoms with Crippen LogP contribution in [0.4, 0.5) is 28.4 Å². The van der Waals surface area contributed by atoms with Crippen LogP contribution in [0.2, 0.25) is 25.8 Å². The van der Waals surface area contributed by atoms with Crippen LogP contribution in [-0.2, 0) is 0 Å². The molecule has 5 saturated heterocycles. The number of methoxy groups -OCH3 is 1. The van der Waals surface area contributed by atoms with Crippen molar-refractivity contribution in [3.05, 3.63) is 261 Å². The molecule has 5 aromatic carbocycles. The fourth-order valence-corrected chi connectivity index (χ4v) is 18.3. The molecule has 0 bridgehead atoms. The molecule has 121 heavy (non-hydrogen) atoms. The van der Waals surface area contributed by atoms with Crippen LogP contribution in [0.3, 0.4) is 0 Å². The first-order chi connectivity index (χ1) is 58.7. The molecule has 15 aromatic rings. The molecule has 17 nitrogen and oxygen atoms in total. The molecule has 618 valence electrons. The Morgan fingerprint density at radius 3 is 0.917 bits per heavy atom. The smallest absolute Gasteiger partial charge is 0.142 e. The minimum absolute atomic E-state index is 0. The van der Waals surface area contributed by atoms with E-state index < -0.39 is 0 Å². The largest absolute Gasteiger partial charge is 0.495 e. The summed E-state index contributed by atoms with van der Waals surface area (Å²) in [7, 11) is 3.89. The van der Waals surface area contributed by atoms with Crippen LogP contribution in [0.1, 0.15) is 90.0 Å². The molecule has 20 rings (SSSR count). The number of rotatable bonds is 11. The van der Waals surface area contributed by atoms with Crippen LogP contribution in [-0.4, -0.2) is 147 Å². The Morgan fingerprint density at radius 2 is 0.579 bits per heavy atom. The van der Waals surface area contributed by atoms with Crippen LogP contribution in [0.15, 0.2) is 230 Å². The van der Waals surface area contributed by atoms with E-state index in [4.69, 9.17) is 62.7 Å². The van der Waals surface area contributed by atoms with Gasteiger partial charge in [-0.25, -0.2) is 24.9 Å². The van der Waals surface area contributed by atoms with E-state index in [2.05, 4.69) is 206 Å². The first-order valence-corrected chi connectivity index (χ1v) is 44.2. The SMILES string of the molecule is C.CN1CCN(c2ccc(-c3cc4ncccc4c(Cl)n3)cc2)CC1.COc1cc(-c2cc3ncccc3c(Cl)n2)ccc1N1CCCCC1.Cc1cc(-c2cc3ncccc3c(Cl)n2)ccc1N1CCCCC1.Clc1nc(-c2ccc(N3CCCCC3)c(Br)c2)cc2ncccc12.Clc1nc(-c2ccc(N3CCCCC3)cc2)cc2ncccc12. The summed E-state index contributed by atoms with van der Waals surface area (Å²) >= 11 is 35.4. The number of halogens is 6. The van der Waals surface area contributed by atoms with Crippen LogP contribution in [0, 0.1) is 6.92 Å². The molecule has 15 heterocycles. The number of aromatic nitrogens is 10. The summed E-state index contributed by atoms with van der Waals surface area (Å²) in [6.07, 6.45) is 24.4. The molecule has 0 unspecified atom stereocenters. The number of hydrogen-bond donors (Lipinski definition) is 0. The monoisotopic (exact) mass is 1770 g/mol. The fourth-order valence-electron chi connectivity index (χ4n) is 16.4. The second kappa shape index (κ2) is 40.5. The van der Waals surface area contributed by atoms with Crippen molar-refractivity contribution in [1.29, 1.82) is 0 Å². The third kappa shape index (κ3) is 20.7. The van der Waals surface area contributed by atoms with Gasteiger partial charge in [-0.3, -0.25) is 24.9 Å². The molecule has 0 atom stereocenters. The Kier molecular flexibility index (Phi) is 28.7. The Hall–Kier alpha value is -10.4. The average molecular weight is 1770 g/mol. The lowest BCUT2D eigenvalue weighted by atomic mass is 10.0. The summed E-state index contributed by atoms with van der Waals surface area (Å²) in [6.45, 7) is 15.6. The van der Waals surface area contributed by atoms with Gasteiger partial charge in [0.15, 0.2) is 0 Å². The van der Waals surface area contributed by atoms with E-state index in [9.17, 15) is 0 Å². The number of piperidine rings is 4. The average Bonchev–Trinajstić information content (AvgIpc) is 0.804. The highest BCUT2D eigenvalue weighted by Crippen LogP contribution is 2.40. The molecule has 10 aromatic heterocycles. The Morgan fingerprint density at radius 1 is 0.298 bits per heavy atom. The number of piperazine rings is 1. The zero-order valence-electron chi connectivity index (χ0n) is 67.7. The normalized spacial score (nSPS) is 15.0. The first kappa shape index (κ1) is 85.6. The molecule has 5 fully saturated rings. The number of aryl methyl sites for hydroxylation is 1. The summed E-state index contributed by atoms with van der Waals surface area (Å²) in [5.74, 6) is 0.874. The molecular weight excluding hydrogens is 1670 g/mol. The maximum absolute atomic E-state index is 6.35. The van der Waals surface area contributed by atoms with Gasteiger partial charge in [0, 0.05) is 186 Å². The lowest BCUT2D eigenvalue weighted by molar-refractivity contribution is 0.313. The van der Waals surface area contributed by atoms with Gasteiger partial charge in [0.25, 0.3) is 0 Å². The first-order valence-electron chi connectivity index (χ1n) is 41.5. The van der Waals surface area contributed by atoms with E-state index in [1.807, 2.05) is 97.1 Å². The predicted octanol–water partition coefficient (Wildman–Crippen LogP) is 25.2. The van der Waals surface area contributed by atoms with E-state index in [1.54, 1.807) is 38.1 Å². The summed E-state index contributed by atoms with van der Waals surface area (Å²) in [5.41, 5.74) is 21.4. The summed E-state index contributed by atoms with van der Waals surface area (Å²) in [4.78, 5) is 59.3. The van der Waals surface area contributed by atoms with E-state index in [-0.39, 0.29) is 7.43 Å². The number of benzene rings is 5. The molecule has 0 radical (unpaired) electrons.